The lowest BCUT2D eigenvalue weighted by atomic mass is 10.3. The van der Waals surface area contributed by atoms with Crippen molar-refractivity contribution in [1.82, 2.24) is 4.72 Å². The van der Waals surface area contributed by atoms with E-state index < -0.39 is 22.1 Å². The molecule has 25 heavy (non-hydrogen) atoms. The van der Waals surface area contributed by atoms with E-state index >= 15 is 0 Å². The summed E-state index contributed by atoms with van der Waals surface area (Å²) in [6.07, 6.45) is -4.09. The molecule has 0 bridgehead atoms. The third-order valence-electron chi connectivity index (χ3n) is 4.18. The first kappa shape index (κ1) is 20.0. The largest absolute Gasteiger partial charge is 0.573 e. The van der Waals surface area contributed by atoms with Gasteiger partial charge in [-0.3, -0.25) is 0 Å². The lowest BCUT2D eigenvalue weighted by Gasteiger charge is -2.27. The van der Waals surface area contributed by atoms with E-state index in [1.165, 1.54) is 9.80 Å². The number of hydrogen-bond donors (Lipinski definition) is 3. The molecule has 1 saturated heterocycles. The summed E-state index contributed by atoms with van der Waals surface area (Å²) in [4.78, 5) is 2.90. The smallest absolute Gasteiger partial charge is 0.406 e. The standard InChI is InChI=1S/C15H22F3N3O3S/c1-20-9-11-21(12-10-20)8-2-7-19-25(22,23)14-5-3-13(4-6-14)24-15(16,17)18/h3-6,19H,2,7-12H2,1H3/p+2. The Bertz CT molecular complexity index is 642. The number of likely N-dealkylation sites (N-methyl/N-ethyl adjacent to an activating group) is 1. The maximum Gasteiger partial charge on any atom is 0.573 e. The van der Waals surface area contributed by atoms with Crippen LogP contribution >= 0.6 is 0 Å². The Kier molecular flexibility index (Phi) is 6.66. The van der Waals surface area contributed by atoms with Crippen LogP contribution < -0.4 is 19.3 Å². The molecule has 1 aromatic rings. The van der Waals surface area contributed by atoms with Gasteiger partial charge in [0.25, 0.3) is 0 Å². The van der Waals surface area contributed by atoms with Crippen LogP contribution in [0, 0.1) is 0 Å². The van der Waals surface area contributed by atoms with Gasteiger partial charge in [0.15, 0.2) is 0 Å². The van der Waals surface area contributed by atoms with Gasteiger partial charge in [0, 0.05) is 13.0 Å². The fourth-order valence-corrected chi connectivity index (χ4v) is 3.80. The molecule has 6 nitrogen and oxygen atoms in total. The molecule has 1 fully saturated rings. The Morgan fingerprint density at radius 3 is 2.28 bits per heavy atom. The molecule has 0 aliphatic carbocycles. The van der Waals surface area contributed by atoms with Crippen LogP contribution in [0.15, 0.2) is 29.2 Å². The van der Waals surface area contributed by atoms with Gasteiger partial charge in [0.05, 0.1) is 18.5 Å². The molecule has 1 aliphatic heterocycles. The summed E-state index contributed by atoms with van der Waals surface area (Å²) in [5.74, 6) is -0.452. The predicted molar refractivity (Wildman–Crippen MR) is 85.1 cm³/mol. The summed E-state index contributed by atoms with van der Waals surface area (Å²) in [5.41, 5.74) is 0. The van der Waals surface area contributed by atoms with Crippen LogP contribution in [0.3, 0.4) is 0 Å². The second-order valence-electron chi connectivity index (χ2n) is 6.23. The SMILES string of the molecule is C[NH+]1CC[NH+](CCCNS(=O)(=O)c2ccc(OC(F)(F)F)cc2)CC1. The van der Waals surface area contributed by atoms with Gasteiger partial charge >= 0.3 is 6.36 Å². The van der Waals surface area contributed by atoms with E-state index in [2.05, 4.69) is 16.5 Å². The minimum Gasteiger partial charge on any atom is -0.406 e. The number of benzene rings is 1. The summed E-state index contributed by atoms with van der Waals surface area (Å²) in [6, 6.07) is 4.16. The number of sulfonamides is 1. The van der Waals surface area contributed by atoms with Crippen molar-refractivity contribution in [2.45, 2.75) is 17.7 Å². The molecule has 0 unspecified atom stereocenters. The first-order valence-electron chi connectivity index (χ1n) is 8.16. The summed E-state index contributed by atoms with van der Waals surface area (Å²) >= 11 is 0. The number of quaternary nitrogens is 2. The van der Waals surface area contributed by atoms with Gasteiger partial charge in [0.1, 0.15) is 31.9 Å². The normalized spacial score (nSPS) is 21.9. The van der Waals surface area contributed by atoms with Gasteiger partial charge < -0.3 is 14.5 Å². The molecule has 0 saturated carbocycles. The summed E-state index contributed by atoms with van der Waals surface area (Å²) in [7, 11) is -1.57. The number of piperazine rings is 1. The van der Waals surface area contributed by atoms with Crippen LogP contribution in [0.25, 0.3) is 0 Å². The minimum absolute atomic E-state index is 0.0856. The molecule has 10 heteroatoms. The van der Waals surface area contributed by atoms with E-state index in [9.17, 15) is 21.6 Å². The molecule has 0 aromatic heterocycles. The van der Waals surface area contributed by atoms with Crippen LogP contribution in [0.1, 0.15) is 6.42 Å². The van der Waals surface area contributed by atoms with E-state index in [1.807, 2.05) is 0 Å². The average molecular weight is 383 g/mol. The van der Waals surface area contributed by atoms with E-state index in [0.29, 0.717) is 13.0 Å². The maximum absolute atomic E-state index is 12.1. The highest BCUT2D eigenvalue weighted by Gasteiger charge is 2.31. The monoisotopic (exact) mass is 383 g/mol. The van der Waals surface area contributed by atoms with Gasteiger partial charge in [0.2, 0.25) is 10.0 Å². The van der Waals surface area contributed by atoms with Crippen molar-refractivity contribution in [3.05, 3.63) is 24.3 Å². The zero-order valence-electron chi connectivity index (χ0n) is 14.0. The predicted octanol–water partition coefficient (Wildman–Crippen LogP) is -1.33. The molecule has 142 valence electrons. The van der Waals surface area contributed by atoms with E-state index in [4.69, 9.17) is 0 Å². The van der Waals surface area contributed by atoms with Crippen molar-refractivity contribution in [1.29, 1.82) is 0 Å². The first-order chi connectivity index (χ1) is 11.7. The Labute approximate surface area is 145 Å². The molecular formula is C15H24F3N3O3S+2. The van der Waals surface area contributed by atoms with E-state index in [0.717, 1.165) is 57.0 Å². The van der Waals surface area contributed by atoms with Crippen molar-refractivity contribution in [2.75, 3.05) is 46.3 Å². The Balaban J connectivity index is 1.79. The van der Waals surface area contributed by atoms with Crippen LogP contribution in [0.4, 0.5) is 13.2 Å². The summed E-state index contributed by atoms with van der Waals surface area (Å²) in [5, 5.41) is 0. The second kappa shape index (κ2) is 8.35. The van der Waals surface area contributed by atoms with E-state index in [1.54, 1.807) is 0 Å². The average Bonchev–Trinajstić information content (AvgIpc) is 2.52. The maximum atomic E-state index is 12.1. The highest BCUT2D eigenvalue weighted by atomic mass is 32.2. The van der Waals surface area contributed by atoms with Gasteiger partial charge in [-0.2, -0.15) is 0 Å². The molecule has 0 atom stereocenters. The van der Waals surface area contributed by atoms with Crippen molar-refractivity contribution in [3.8, 4) is 5.75 Å². The summed E-state index contributed by atoms with van der Waals surface area (Å²) in [6.45, 7) is 5.60. The van der Waals surface area contributed by atoms with Crippen LogP contribution in [-0.4, -0.2) is 61.1 Å². The number of nitrogens with one attached hydrogen (secondary N) is 3. The number of ether oxygens (including phenoxy) is 1. The minimum atomic E-state index is -4.80. The topological polar surface area (TPSA) is 64.3 Å². The highest BCUT2D eigenvalue weighted by molar-refractivity contribution is 7.89. The van der Waals surface area contributed by atoms with Gasteiger partial charge in [-0.1, -0.05) is 0 Å². The molecule has 1 heterocycles. The molecular weight excluding hydrogens is 359 g/mol. The number of halogens is 3. The molecule has 1 aromatic carbocycles. The third kappa shape index (κ3) is 6.81. The second-order valence-corrected chi connectivity index (χ2v) is 7.99. The Hall–Kier alpha value is -1.36. The number of alkyl halides is 3. The van der Waals surface area contributed by atoms with Crippen LogP contribution in [0.2, 0.25) is 0 Å². The Morgan fingerprint density at radius 2 is 1.72 bits per heavy atom. The summed E-state index contributed by atoms with van der Waals surface area (Å²) < 4.78 is 66.8. The Morgan fingerprint density at radius 1 is 1.12 bits per heavy atom. The molecule has 2 rings (SSSR count). The fraction of sp³-hybridized carbons (Fsp3) is 0.600. The van der Waals surface area contributed by atoms with E-state index in [-0.39, 0.29) is 4.90 Å². The molecule has 0 amide bonds. The lowest BCUT2D eigenvalue weighted by molar-refractivity contribution is -1.00. The lowest BCUT2D eigenvalue weighted by Crippen LogP contribution is -3.27. The highest BCUT2D eigenvalue weighted by Crippen LogP contribution is 2.23. The van der Waals surface area contributed by atoms with Crippen LogP contribution in [0.5, 0.6) is 5.75 Å². The first-order valence-corrected chi connectivity index (χ1v) is 9.64. The van der Waals surface area contributed by atoms with Crippen LogP contribution in [-0.2, 0) is 10.0 Å². The zero-order valence-corrected chi connectivity index (χ0v) is 14.8. The van der Waals surface area contributed by atoms with Crippen molar-refractivity contribution < 1.29 is 36.1 Å². The molecule has 0 spiro atoms. The number of hydrogen-bond acceptors (Lipinski definition) is 3. The number of rotatable bonds is 7. The molecule has 0 radical (unpaired) electrons. The van der Waals surface area contributed by atoms with Crippen molar-refractivity contribution >= 4 is 10.0 Å². The fourth-order valence-electron chi connectivity index (χ4n) is 2.73. The third-order valence-corrected chi connectivity index (χ3v) is 5.65. The van der Waals surface area contributed by atoms with Gasteiger partial charge in [-0.15, -0.1) is 13.2 Å². The molecule has 3 N–H and O–H groups in total. The van der Waals surface area contributed by atoms with Gasteiger partial charge in [-0.05, 0) is 24.3 Å². The van der Waals surface area contributed by atoms with Crippen molar-refractivity contribution in [3.63, 3.8) is 0 Å². The quantitative estimate of drug-likeness (QED) is 0.511. The zero-order chi connectivity index (χ0) is 18.5. The molecule has 1 aliphatic rings. The van der Waals surface area contributed by atoms with Crippen molar-refractivity contribution in [2.24, 2.45) is 0 Å². The van der Waals surface area contributed by atoms with Gasteiger partial charge in [-0.25, -0.2) is 13.1 Å².